The van der Waals surface area contributed by atoms with Gasteiger partial charge in [0.05, 0.1) is 12.9 Å². The summed E-state index contributed by atoms with van der Waals surface area (Å²) in [4.78, 5) is 24.8. The number of esters is 1. The van der Waals surface area contributed by atoms with E-state index in [9.17, 15) is 9.59 Å². The first-order chi connectivity index (χ1) is 13.1. The molecule has 1 aliphatic carbocycles. The molecule has 0 saturated carbocycles. The first-order valence-electron chi connectivity index (χ1n) is 8.94. The molecule has 3 rings (SSSR count). The van der Waals surface area contributed by atoms with Crippen LogP contribution in [0.3, 0.4) is 0 Å². The molecule has 0 fully saturated rings. The number of fused-ring (bicyclic) bond motifs is 1. The molecule has 0 aliphatic heterocycles. The molecule has 2 aromatic carbocycles. The first-order valence-corrected chi connectivity index (χ1v) is 9.92. The molecule has 2 aromatic rings. The Hall–Kier alpha value is -2.47. The lowest BCUT2D eigenvalue weighted by Gasteiger charge is -2.08. The van der Waals surface area contributed by atoms with Crippen LogP contribution in [0, 0.1) is 0 Å². The molecule has 0 aromatic heterocycles. The number of carbonyl (C=O) groups excluding carboxylic acids is 2. The molecule has 1 amide bonds. The highest BCUT2D eigenvalue weighted by molar-refractivity contribution is 8.00. The van der Waals surface area contributed by atoms with Gasteiger partial charge in [0.25, 0.3) is 5.91 Å². The van der Waals surface area contributed by atoms with E-state index in [0.29, 0.717) is 6.54 Å². The summed E-state index contributed by atoms with van der Waals surface area (Å²) in [5.41, 5.74) is 3.74. The highest BCUT2D eigenvalue weighted by Crippen LogP contribution is 2.27. The maximum atomic E-state index is 11.9. The molecule has 0 bridgehead atoms. The van der Waals surface area contributed by atoms with Gasteiger partial charge >= 0.3 is 5.97 Å². The van der Waals surface area contributed by atoms with E-state index in [1.807, 2.05) is 30.3 Å². The third kappa shape index (κ3) is 5.76. The van der Waals surface area contributed by atoms with Crippen LogP contribution in [0.15, 0.2) is 47.4 Å². The molecule has 0 unspecified atom stereocenters. The van der Waals surface area contributed by atoms with E-state index in [1.165, 1.54) is 29.3 Å². The Morgan fingerprint density at radius 2 is 1.85 bits per heavy atom. The van der Waals surface area contributed by atoms with Crippen LogP contribution in [0.2, 0.25) is 0 Å². The van der Waals surface area contributed by atoms with Crippen LogP contribution in [0.1, 0.15) is 23.1 Å². The van der Waals surface area contributed by atoms with Crippen LogP contribution >= 0.6 is 11.8 Å². The fraction of sp³-hybridized carbons (Fsp3) is 0.333. The molecule has 0 spiro atoms. The summed E-state index contributed by atoms with van der Waals surface area (Å²) in [6, 6.07) is 13.8. The predicted octanol–water partition coefficient (Wildman–Crippen LogP) is 3.14. The summed E-state index contributed by atoms with van der Waals surface area (Å²) in [7, 11) is 1.60. The number of nitrogens with one attached hydrogen (secondary N) is 1. The van der Waals surface area contributed by atoms with Crippen molar-refractivity contribution in [1.29, 1.82) is 0 Å². The van der Waals surface area contributed by atoms with Crippen molar-refractivity contribution in [2.45, 2.75) is 30.7 Å². The standard InChI is InChI=1S/C21H23NO4S/c1-25-18-8-5-15(6-9-18)12-22-20(23)13-26-21(24)14-27-19-10-7-16-3-2-4-17(16)11-19/h5-11H,2-4,12-14H2,1H3,(H,22,23). The zero-order valence-electron chi connectivity index (χ0n) is 15.3. The Kier molecular flexibility index (Phi) is 6.76. The molecule has 0 atom stereocenters. The molecule has 5 nitrogen and oxygen atoms in total. The second-order valence-electron chi connectivity index (χ2n) is 6.36. The predicted molar refractivity (Wildman–Crippen MR) is 105 cm³/mol. The molecule has 27 heavy (non-hydrogen) atoms. The van der Waals surface area contributed by atoms with E-state index in [2.05, 4.69) is 17.4 Å². The van der Waals surface area contributed by atoms with Crippen molar-refractivity contribution >= 4 is 23.6 Å². The molecule has 1 N–H and O–H groups in total. The van der Waals surface area contributed by atoms with E-state index in [-0.39, 0.29) is 24.2 Å². The Balaban J connectivity index is 1.35. The number of rotatable bonds is 8. The van der Waals surface area contributed by atoms with Gasteiger partial charge in [0.1, 0.15) is 5.75 Å². The van der Waals surface area contributed by atoms with Gasteiger partial charge in [0.2, 0.25) is 0 Å². The maximum Gasteiger partial charge on any atom is 0.316 e. The van der Waals surface area contributed by atoms with Crippen molar-refractivity contribution in [2.24, 2.45) is 0 Å². The summed E-state index contributed by atoms with van der Waals surface area (Å²) in [6.45, 7) is 0.115. The van der Waals surface area contributed by atoms with Gasteiger partial charge in [-0.15, -0.1) is 11.8 Å². The summed E-state index contributed by atoms with van der Waals surface area (Å²) in [5.74, 6) is 0.256. The number of methoxy groups -OCH3 is 1. The summed E-state index contributed by atoms with van der Waals surface area (Å²) in [6.07, 6.45) is 3.47. The number of carbonyl (C=O) groups is 2. The van der Waals surface area contributed by atoms with Gasteiger partial charge in [-0.1, -0.05) is 18.2 Å². The maximum absolute atomic E-state index is 11.9. The molecular weight excluding hydrogens is 362 g/mol. The lowest BCUT2D eigenvalue weighted by Crippen LogP contribution is -2.28. The van der Waals surface area contributed by atoms with Crippen LogP contribution < -0.4 is 10.1 Å². The van der Waals surface area contributed by atoms with E-state index < -0.39 is 0 Å². The van der Waals surface area contributed by atoms with Gasteiger partial charge in [-0.05, 0) is 60.2 Å². The Morgan fingerprint density at radius 3 is 2.63 bits per heavy atom. The minimum atomic E-state index is -0.389. The van der Waals surface area contributed by atoms with Crippen LogP contribution in [0.4, 0.5) is 0 Å². The second-order valence-corrected chi connectivity index (χ2v) is 7.41. The number of ether oxygens (including phenoxy) is 2. The highest BCUT2D eigenvalue weighted by Gasteiger charge is 2.12. The topological polar surface area (TPSA) is 64.6 Å². The van der Waals surface area contributed by atoms with E-state index in [0.717, 1.165) is 29.1 Å². The molecule has 0 saturated heterocycles. The van der Waals surface area contributed by atoms with Crippen molar-refractivity contribution in [3.8, 4) is 5.75 Å². The van der Waals surface area contributed by atoms with Gasteiger partial charge < -0.3 is 14.8 Å². The number of thioether (sulfide) groups is 1. The van der Waals surface area contributed by atoms with Gasteiger partial charge in [0, 0.05) is 11.4 Å². The second kappa shape index (κ2) is 9.46. The average Bonchev–Trinajstić information content (AvgIpc) is 3.17. The summed E-state index contributed by atoms with van der Waals surface area (Å²) in [5, 5.41) is 2.73. The number of hydrogen-bond donors (Lipinski definition) is 1. The Morgan fingerprint density at radius 1 is 1.07 bits per heavy atom. The fourth-order valence-electron chi connectivity index (χ4n) is 2.96. The summed E-state index contributed by atoms with van der Waals surface area (Å²) < 4.78 is 10.1. The molecule has 142 valence electrons. The lowest BCUT2D eigenvalue weighted by atomic mass is 10.1. The minimum absolute atomic E-state index is 0.199. The van der Waals surface area contributed by atoms with Gasteiger partial charge in [-0.3, -0.25) is 9.59 Å². The number of aryl methyl sites for hydroxylation is 2. The molecule has 6 heteroatoms. The van der Waals surface area contributed by atoms with Crippen molar-refractivity contribution in [3.05, 3.63) is 59.2 Å². The number of benzene rings is 2. The van der Waals surface area contributed by atoms with Crippen molar-refractivity contribution in [3.63, 3.8) is 0 Å². The lowest BCUT2D eigenvalue weighted by molar-refractivity contribution is -0.145. The number of hydrogen-bond acceptors (Lipinski definition) is 5. The van der Waals surface area contributed by atoms with Crippen molar-refractivity contribution < 1.29 is 19.1 Å². The molecule has 0 radical (unpaired) electrons. The van der Waals surface area contributed by atoms with E-state index in [4.69, 9.17) is 9.47 Å². The minimum Gasteiger partial charge on any atom is -0.497 e. The van der Waals surface area contributed by atoms with Gasteiger partial charge in [0.15, 0.2) is 6.61 Å². The van der Waals surface area contributed by atoms with Crippen molar-refractivity contribution in [1.82, 2.24) is 5.32 Å². The number of amides is 1. The summed E-state index contributed by atoms with van der Waals surface area (Å²) >= 11 is 1.44. The molecule has 0 heterocycles. The van der Waals surface area contributed by atoms with E-state index >= 15 is 0 Å². The third-order valence-corrected chi connectivity index (χ3v) is 5.41. The quantitative estimate of drug-likeness (QED) is 0.559. The van der Waals surface area contributed by atoms with Gasteiger partial charge in [-0.25, -0.2) is 0 Å². The van der Waals surface area contributed by atoms with Crippen molar-refractivity contribution in [2.75, 3.05) is 19.5 Å². The highest BCUT2D eigenvalue weighted by atomic mass is 32.2. The zero-order chi connectivity index (χ0) is 19.1. The van der Waals surface area contributed by atoms with Crippen LogP contribution in [0.5, 0.6) is 5.75 Å². The Bertz CT molecular complexity index is 804. The van der Waals surface area contributed by atoms with Crippen LogP contribution in [-0.4, -0.2) is 31.3 Å². The fourth-order valence-corrected chi connectivity index (χ4v) is 3.72. The van der Waals surface area contributed by atoms with E-state index in [1.54, 1.807) is 7.11 Å². The third-order valence-electron chi connectivity index (χ3n) is 4.44. The molecular formula is C21H23NO4S. The zero-order valence-corrected chi connectivity index (χ0v) is 16.1. The first kappa shape index (κ1) is 19.3. The van der Waals surface area contributed by atoms with Gasteiger partial charge in [-0.2, -0.15) is 0 Å². The van der Waals surface area contributed by atoms with Crippen LogP contribution in [-0.2, 0) is 33.7 Å². The average molecular weight is 385 g/mol. The SMILES string of the molecule is COc1ccc(CNC(=O)COC(=O)CSc2ccc3c(c2)CCC3)cc1. The largest absolute Gasteiger partial charge is 0.497 e. The Labute approximate surface area is 163 Å². The normalized spacial score (nSPS) is 12.3. The monoisotopic (exact) mass is 385 g/mol. The smallest absolute Gasteiger partial charge is 0.316 e. The van der Waals surface area contributed by atoms with Crippen LogP contribution in [0.25, 0.3) is 0 Å². The molecule has 1 aliphatic rings.